The molecule has 2 aromatic carbocycles. The number of rotatable bonds is 6. The highest BCUT2D eigenvalue weighted by Crippen LogP contribution is 2.31. The van der Waals surface area contributed by atoms with Crippen LogP contribution in [0.3, 0.4) is 0 Å². The maximum absolute atomic E-state index is 13.5. The van der Waals surface area contributed by atoms with Gasteiger partial charge in [-0.15, -0.1) is 0 Å². The van der Waals surface area contributed by atoms with Gasteiger partial charge in [-0.05, 0) is 43.5 Å². The molecule has 142 valence electrons. The summed E-state index contributed by atoms with van der Waals surface area (Å²) in [5, 5.41) is 0.899. The normalized spacial score (nSPS) is 11.7. The molecule has 0 N–H and O–H groups in total. The molecule has 6 heteroatoms. The van der Waals surface area contributed by atoms with Gasteiger partial charge in [-0.2, -0.15) is 0 Å². The SMILES string of the molecule is CCc1c(CCC(=O)OC)n(S(=O)(=O)c2ccc(C)cc2)c2ccccc12. The van der Waals surface area contributed by atoms with Gasteiger partial charge in [-0.1, -0.05) is 42.8 Å². The molecule has 5 nitrogen and oxygen atoms in total. The van der Waals surface area contributed by atoms with Gasteiger partial charge in [0.1, 0.15) is 0 Å². The molecule has 0 aliphatic heterocycles. The van der Waals surface area contributed by atoms with E-state index in [4.69, 9.17) is 4.74 Å². The lowest BCUT2D eigenvalue weighted by molar-refractivity contribution is -0.140. The van der Waals surface area contributed by atoms with Gasteiger partial charge in [0.15, 0.2) is 0 Å². The van der Waals surface area contributed by atoms with Crippen LogP contribution in [0, 0.1) is 6.92 Å². The van der Waals surface area contributed by atoms with E-state index in [1.807, 2.05) is 38.1 Å². The van der Waals surface area contributed by atoms with E-state index in [0.717, 1.165) is 16.5 Å². The molecule has 0 spiro atoms. The molecule has 0 fully saturated rings. The number of aromatic nitrogens is 1. The van der Waals surface area contributed by atoms with Crippen molar-refractivity contribution in [3.63, 3.8) is 0 Å². The molecule has 0 bridgehead atoms. The van der Waals surface area contributed by atoms with Crippen LogP contribution in [-0.4, -0.2) is 25.5 Å². The van der Waals surface area contributed by atoms with Gasteiger partial charge in [0, 0.05) is 11.1 Å². The first kappa shape index (κ1) is 19.2. The number of carbonyl (C=O) groups excluding carboxylic acids is 1. The van der Waals surface area contributed by atoms with E-state index in [1.165, 1.54) is 11.1 Å². The quantitative estimate of drug-likeness (QED) is 0.605. The Kier molecular flexibility index (Phi) is 5.37. The summed E-state index contributed by atoms with van der Waals surface area (Å²) in [5.74, 6) is -0.360. The molecule has 0 amide bonds. The molecular weight excluding hydrogens is 362 g/mol. The van der Waals surface area contributed by atoms with E-state index in [0.29, 0.717) is 24.1 Å². The third-order valence-corrected chi connectivity index (χ3v) is 6.51. The number of hydrogen-bond donors (Lipinski definition) is 0. The summed E-state index contributed by atoms with van der Waals surface area (Å²) in [7, 11) is -2.46. The molecule has 1 heterocycles. The minimum Gasteiger partial charge on any atom is -0.469 e. The Hall–Kier alpha value is -2.60. The van der Waals surface area contributed by atoms with Crippen LogP contribution >= 0.6 is 0 Å². The number of nitrogens with zero attached hydrogens (tertiary/aromatic N) is 1. The van der Waals surface area contributed by atoms with Crippen molar-refractivity contribution in [2.75, 3.05) is 7.11 Å². The Morgan fingerprint density at radius 3 is 2.37 bits per heavy atom. The van der Waals surface area contributed by atoms with Crippen LogP contribution in [0.25, 0.3) is 10.9 Å². The van der Waals surface area contributed by atoms with E-state index in [1.54, 1.807) is 24.3 Å². The number of carbonyl (C=O) groups is 1. The summed E-state index contributed by atoms with van der Waals surface area (Å²) in [6.45, 7) is 3.91. The number of aryl methyl sites for hydroxylation is 2. The zero-order valence-corrected chi connectivity index (χ0v) is 16.5. The Labute approximate surface area is 159 Å². The van der Waals surface area contributed by atoms with Gasteiger partial charge in [0.05, 0.1) is 23.9 Å². The topological polar surface area (TPSA) is 65.4 Å². The number of para-hydroxylation sites is 1. The molecule has 3 rings (SSSR count). The number of fused-ring (bicyclic) bond motifs is 1. The van der Waals surface area contributed by atoms with E-state index in [9.17, 15) is 13.2 Å². The van der Waals surface area contributed by atoms with Crippen molar-refractivity contribution in [2.24, 2.45) is 0 Å². The summed E-state index contributed by atoms with van der Waals surface area (Å²) in [4.78, 5) is 11.9. The number of hydrogen-bond acceptors (Lipinski definition) is 4. The highest BCUT2D eigenvalue weighted by atomic mass is 32.2. The molecule has 0 saturated heterocycles. The molecule has 0 radical (unpaired) electrons. The fraction of sp³-hybridized carbons (Fsp3) is 0.286. The second-order valence-electron chi connectivity index (χ2n) is 6.45. The first-order valence-electron chi connectivity index (χ1n) is 8.90. The lowest BCUT2D eigenvalue weighted by Crippen LogP contribution is -2.17. The largest absolute Gasteiger partial charge is 0.469 e. The van der Waals surface area contributed by atoms with Gasteiger partial charge in [0.25, 0.3) is 10.0 Å². The van der Waals surface area contributed by atoms with Crippen molar-refractivity contribution in [3.05, 3.63) is 65.4 Å². The molecule has 0 unspecified atom stereocenters. The van der Waals surface area contributed by atoms with Gasteiger partial charge >= 0.3 is 5.97 Å². The molecule has 0 saturated carbocycles. The summed E-state index contributed by atoms with van der Waals surface area (Å²) in [5.41, 5.74) is 3.22. The molecule has 1 aromatic heterocycles. The maximum Gasteiger partial charge on any atom is 0.305 e. The van der Waals surface area contributed by atoms with Crippen LogP contribution in [0.15, 0.2) is 53.4 Å². The molecule has 0 atom stereocenters. The van der Waals surface area contributed by atoms with Gasteiger partial charge < -0.3 is 4.74 Å². The molecule has 27 heavy (non-hydrogen) atoms. The third kappa shape index (κ3) is 3.49. The highest BCUT2D eigenvalue weighted by Gasteiger charge is 2.26. The monoisotopic (exact) mass is 385 g/mol. The first-order valence-corrected chi connectivity index (χ1v) is 10.3. The molecule has 0 aliphatic rings. The van der Waals surface area contributed by atoms with Crippen molar-refractivity contribution in [1.82, 2.24) is 3.97 Å². The van der Waals surface area contributed by atoms with Crippen LogP contribution in [0.2, 0.25) is 0 Å². The van der Waals surface area contributed by atoms with E-state index < -0.39 is 10.0 Å². The van der Waals surface area contributed by atoms with E-state index >= 15 is 0 Å². The maximum atomic E-state index is 13.5. The fourth-order valence-corrected chi connectivity index (χ4v) is 4.99. The zero-order valence-electron chi connectivity index (χ0n) is 15.7. The Morgan fingerprint density at radius 1 is 1.07 bits per heavy atom. The molecular formula is C21H23NO4S. The predicted molar refractivity (Wildman–Crippen MR) is 105 cm³/mol. The second kappa shape index (κ2) is 7.56. The summed E-state index contributed by atoms with van der Waals surface area (Å²) < 4.78 is 33.1. The van der Waals surface area contributed by atoms with Crippen molar-refractivity contribution in [2.45, 2.75) is 38.0 Å². The zero-order chi connectivity index (χ0) is 19.6. The van der Waals surface area contributed by atoms with Gasteiger partial charge in [-0.25, -0.2) is 12.4 Å². The summed E-state index contributed by atoms with van der Waals surface area (Å²) in [6, 6.07) is 14.3. The lowest BCUT2D eigenvalue weighted by Gasteiger charge is -2.13. The van der Waals surface area contributed by atoms with Gasteiger partial charge in [0.2, 0.25) is 0 Å². The van der Waals surface area contributed by atoms with E-state index in [2.05, 4.69) is 0 Å². The lowest BCUT2D eigenvalue weighted by atomic mass is 10.1. The van der Waals surface area contributed by atoms with Crippen LogP contribution in [0.5, 0.6) is 0 Å². The molecule has 3 aromatic rings. The number of methoxy groups -OCH3 is 1. The Morgan fingerprint density at radius 2 is 1.74 bits per heavy atom. The van der Waals surface area contributed by atoms with Crippen LogP contribution in [0.1, 0.15) is 30.2 Å². The fourth-order valence-electron chi connectivity index (χ4n) is 3.39. The van der Waals surface area contributed by atoms with Crippen LogP contribution in [0.4, 0.5) is 0 Å². The molecule has 0 aliphatic carbocycles. The van der Waals surface area contributed by atoms with Crippen LogP contribution in [-0.2, 0) is 32.4 Å². The van der Waals surface area contributed by atoms with Gasteiger partial charge in [-0.3, -0.25) is 4.79 Å². The number of ether oxygens (including phenoxy) is 1. The van der Waals surface area contributed by atoms with Crippen molar-refractivity contribution in [3.8, 4) is 0 Å². The minimum atomic E-state index is -3.79. The van der Waals surface area contributed by atoms with E-state index in [-0.39, 0.29) is 17.3 Å². The Bertz CT molecular complexity index is 1080. The summed E-state index contributed by atoms with van der Waals surface area (Å²) in [6.07, 6.45) is 1.10. The Balaban J connectivity index is 2.26. The number of esters is 1. The third-order valence-electron chi connectivity index (χ3n) is 4.75. The van der Waals surface area contributed by atoms with Crippen LogP contribution < -0.4 is 0 Å². The van der Waals surface area contributed by atoms with Crippen molar-refractivity contribution >= 4 is 26.9 Å². The van der Waals surface area contributed by atoms with Crippen molar-refractivity contribution in [1.29, 1.82) is 0 Å². The minimum absolute atomic E-state index is 0.128. The average Bonchev–Trinajstić information content (AvgIpc) is 3.00. The highest BCUT2D eigenvalue weighted by molar-refractivity contribution is 7.90. The smallest absolute Gasteiger partial charge is 0.305 e. The predicted octanol–water partition coefficient (Wildman–Crippen LogP) is 3.85. The van der Waals surface area contributed by atoms with Crippen molar-refractivity contribution < 1.29 is 17.9 Å². The first-order chi connectivity index (χ1) is 12.9. The second-order valence-corrected chi connectivity index (χ2v) is 8.24. The average molecular weight is 385 g/mol. The number of benzene rings is 2. The standard InChI is InChI=1S/C21H23NO4S/c1-4-17-18-7-5-6-8-19(18)22(20(17)13-14-21(23)26-3)27(24,25)16-11-9-15(2)10-12-16/h5-12H,4,13-14H2,1-3H3. The summed E-state index contributed by atoms with van der Waals surface area (Å²) >= 11 is 0.